The lowest BCUT2D eigenvalue weighted by Crippen LogP contribution is -2.42. The average Bonchev–Trinajstić information content (AvgIpc) is 2.85. The maximum atomic E-state index is 12.6. The number of amides is 1. The molecule has 1 aromatic heterocycles. The largest absolute Gasteiger partial charge is 0.350 e. The van der Waals surface area contributed by atoms with Crippen LogP contribution in [0.15, 0.2) is 26.4 Å². The number of aryl methyl sites for hydroxylation is 3. The van der Waals surface area contributed by atoms with Crippen LogP contribution in [0.1, 0.15) is 54.6 Å². The highest BCUT2D eigenvalue weighted by molar-refractivity contribution is 7.99. The van der Waals surface area contributed by atoms with Crippen molar-refractivity contribution < 1.29 is 9.32 Å². The van der Waals surface area contributed by atoms with Crippen molar-refractivity contribution in [1.82, 2.24) is 10.5 Å². The third-order valence-electron chi connectivity index (χ3n) is 4.11. The molecule has 0 aliphatic rings. The van der Waals surface area contributed by atoms with Crippen molar-refractivity contribution in [2.45, 2.75) is 63.3 Å². The molecule has 0 spiro atoms. The Labute approximate surface area is 152 Å². The van der Waals surface area contributed by atoms with Crippen LogP contribution in [0.25, 0.3) is 0 Å². The van der Waals surface area contributed by atoms with Gasteiger partial charge in [0, 0.05) is 10.4 Å². The van der Waals surface area contributed by atoms with Gasteiger partial charge in [0.25, 0.3) is 5.91 Å². The molecule has 0 aliphatic carbocycles. The summed E-state index contributed by atoms with van der Waals surface area (Å²) in [6.07, 6.45) is 0.817. The Kier molecular flexibility index (Phi) is 5.66. The lowest BCUT2D eigenvalue weighted by Gasteiger charge is -2.23. The predicted octanol–water partition coefficient (Wildman–Crippen LogP) is 5.32. The first kappa shape index (κ1) is 18.9. The highest BCUT2D eigenvalue weighted by Crippen LogP contribution is 2.38. The molecule has 2 rings (SSSR count). The number of carbonyl (C=O) groups excluding carboxylic acids is 1. The quantitative estimate of drug-likeness (QED) is 0.777. The molecule has 1 aromatic carbocycles. The fraction of sp³-hybridized carbons (Fsp3) is 0.444. The van der Waals surface area contributed by atoms with E-state index >= 15 is 0 Å². The van der Waals surface area contributed by atoms with Crippen molar-refractivity contribution >= 4 is 29.3 Å². The molecule has 2 aromatic rings. The number of carbonyl (C=O) groups is 1. The molecule has 4 nitrogen and oxygen atoms in total. The molecule has 0 aliphatic heterocycles. The van der Waals surface area contributed by atoms with Crippen molar-refractivity contribution in [2.75, 3.05) is 0 Å². The number of hydrogen-bond donors (Lipinski definition) is 1. The summed E-state index contributed by atoms with van der Waals surface area (Å²) in [5.41, 5.74) is 2.65. The predicted molar refractivity (Wildman–Crippen MR) is 98.1 cm³/mol. The van der Waals surface area contributed by atoms with Gasteiger partial charge in [-0.05, 0) is 64.3 Å². The highest BCUT2D eigenvalue weighted by atomic mass is 35.5. The molecule has 1 N–H and O–H groups in total. The Morgan fingerprint density at radius 3 is 2.54 bits per heavy atom. The second-order valence-corrected chi connectivity index (χ2v) is 8.05. The third kappa shape index (κ3) is 4.14. The number of hydrogen-bond acceptors (Lipinski definition) is 4. The lowest BCUT2D eigenvalue weighted by molar-refractivity contribution is 0.0869. The Balaban J connectivity index is 2.34. The Morgan fingerprint density at radius 2 is 1.92 bits per heavy atom. The fourth-order valence-corrected chi connectivity index (χ4v) is 3.37. The van der Waals surface area contributed by atoms with Gasteiger partial charge in [-0.25, -0.2) is 0 Å². The zero-order valence-corrected chi connectivity index (χ0v) is 16.5. The minimum Gasteiger partial charge on any atom is -0.350 e. The summed E-state index contributed by atoms with van der Waals surface area (Å²) >= 11 is 7.77. The molecule has 0 unspecified atom stereocenters. The van der Waals surface area contributed by atoms with Crippen molar-refractivity contribution in [3.8, 4) is 0 Å². The van der Waals surface area contributed by atoms with E-state index in [9.17, 15) is 4.79 Å². The van der Waals surface area contributed by atoms with Gasteiger partial charge in [-0.15, -0.1) is 0 Å². The van der Waals surface area contributed by atoms with Crippen molar-refractivity contribution in [3.05, 3.63) is 39.7 Å². The summed E-state index contributed by atoms with van der Waals surface area (Å²) in [4.78, 5) is 14.1. The second-order valence-electron chi connectivity index (χ2n) is 6.59. The molecule has 6 heteroatoms. The monoisotopic (exact) mass is 366 g/mol. The van der Waals surface area contributed by atoms with E-state index in [1.54, 1.807) is 0 Å². The molecular formula is C18H23ClN2O2S. The first-order valence-corrected chi connectivity index (χ1v) is 9.07. The Hall–Kier alpha value is -1.46. The van der Waals surface area contributed by atoms with E-state index in [4.69, 9.17) is 16.1 Å². The zero-order valence-electron chi connectivity index (χ0n) is 14.9. The molecular weight excluding hydrogens is 344 g/mol. The summed E-state index contributed by atoms with van der Waals surface area (Å²) in [6.45, 7) is 11.8. The van der Waals surface area contributed by atoms with Crippen LogP contribution in [0.5, 0.6) is 0 Å². The smallest absolute Gasteiger partial charge is 0.291 e. The zero-order chi connectivity index (χ0) is 18.1. The average molecular weight is 367 g/mol. The van der Waals surface area contributed by atoms with E-state index in [1.807, 2.05) is 53.7 Å². The van der Waals surface area contributed by atoms with Gasteiger partial charge >= 0.3 is 0 Å². The van der Waals surface area contributed by atoms with Crippen LogP contribution in [0, 0.1) is 20.8 Å². The van der Waals surface area contributed by atoms with Gasteiger partial charge in [0.05, 0.1) is 15.6 Å². The number of nitrogens with zero attached hydrogens (tertiary/aromatic N) is 1. The summed E-state index contributed by atoms with van der Waals surface area (Å²) in [6, 6.07) is 3.95. The van der Waals surface area contributed by atoms with E-state index < -0.39 is 0 Å². The minimum atomic E-state index is -0.308. The van der Waals surface area contributed by atoms with Crippen LogP contribution >= 0.6 is 23.4 Å². The molecule has 0 fully saturated rings. The van der Waals surface area contributed by atoms with E-state index in [2.05, 4.69) is 10.5 Å². The van der Waals surface area contributed by atoms with Gasteiger partial charge in [-0.3, -0.25) is 4.79 Å². The Bertz CT molecular complexity index is 769. The molecule has 0 saturated heterocycles. The van der Waals surface area contributed by atoms with E-state index in [0.717, 1.165) is 22.4 Å². The molecule has 1 amide bonds. The molecule has 0 radical (unpaired) electrons. The normalized spacial score (nSPS) is 11.6. The van der Waals surface area contributed by atoms with E-state index in [0.29, 0.717) is 15.6 Å². The number of aromatic nitrogens is 1. The van der Waals surface area contributed by atoms with Gasteiger partial charge in [0.1, 0.15) is 0 Å². The molecule has 0 saturated carbocycles. The highest BCUT2D eigenvalue weighted by Gasteiger charge is 2.26. The molecule has 0 bridgehead atoms. The fourth-order valence-electron chi connectivity index (χ4n) is 2.02. The molecule has 24 heavy (non-hydrogen) atoms. The van der Waals surface area contributed by atoms with Gasteiger partial charge in [0.15, 0.2) is 0 Å². The topological polar surface area (TPSA) is 55.1 Å². The summed E-state index contributed by atoms with van der Waals surface area (Å²) in [5.74, 6) is -0.0294. The summed E-state index contributed by atoms with van der Waals surface area (Å²) in [5, 5.41) is 7.59. The third-order valence-corrected chi connectivity index (χ3v) is 5.78. The lowest BCUT2D eigenvalue weighted by atomic mass is 10.0. The minimum absolute atomic E-state index is 0.230. The van der Waals surface area contributed by atoms with Crippen molar-refractivity contribution in [3.63, 3.8) is 0 Å². The summed E-state index contributed by atoms with van der Waals surface area (Å²) in [7, 11) is 0. The molecule has 1 heterocycles. The van der Waals surface area contributed by atoms with Crippen LogP contribution in [0.4, 0.5) is 0 Å². The first-order chi connectivity index (χ1) is 11.1. The first-order valence-electron chi connectivity index (χ1n) is 7.88. The van der Waals surface area contributed by atoms with Crippen molar-refractivity contribution in [1.29, 1.82) is 0 Å². The van der Waals surface area contributed by atoms with Crippen LogP contribution in [0.3, 0.4) is 0 Å². The number of rotatable bonds is 5. The molecule has 0 atom stereocenters. The van der Waals surface area contributed by atoms with E-state index in [1.165, 1.54) is 11.8 Å². The van der Waals surface area contributed by atoms with Gasteiger partial charge in [-0.2, -0.15) is 0 Å². The van der Waals surface area contributed by atoms with Gasteiger partial charge in [-0.1, -0.05) is 35.4 Å². The van der Waals surface area contributed by atoms with Crippen LogP contribution in [-0.2, 0) is 0 Å². The SMILES string of the molecule is CCC(C)(C)NC(=O)c1onc(C)c1Sc1cc(C)c(C)cc1Cl. The van der Waals surface area contributed by atoms with Crippen LogP contribution < -0.4 is 5.32 Å². The summed E-state index contributed by atoms with van der Waals surface area (Å²) < 4.78 is 5.29. The maximum Gasteiger partial charge on any atom is 0.291 e. The van der Waals surface area contributed by atoms with Crippen molar-refractivity contribution in [2.24, 2.45) is 0 Å². The Morgan fingerprint density at radius 1 is 1.29 bits per heavy atom. The van der Waals surface area contributed by atoms with Crippen LogP contribution in [0.2, 0.25) is 5.02 Å². The van der Waals surface area contributed by atoms with Crippen LogP contribution in [-0.4, -0.2) is 16.6 Å². The maximum absolute atomic E-state index is 12.6. The van der Waals surface area contributed by atoms with E-state index in [-0.39, 0.29) is 17.2 Å². The van der Waals surface area contributed by atoms with Gasteiger partial charge < -0.3 is 9.84 Å². The van der Waals surface area contributed by atoms with Gasteiger partial charge in [0.2, 0.25) is 5.76 Å². The number of nitrogens with one attached hydrogen (secondary N) is 1. The standard InChI is InChI=1S/C18H23ClN2O2S/c1-7-18(5,6)20-17(22)15-16(12(4)21-23-15)24-14-9-11(3)10(2)8-13(14)19/h8-9H,7H2,1-6H3,(H,20,22). The molecule has 130 valence electrons. The second kappa shape index (κ2) is 7.19. The number of benzene rings is 1. The number of halogens is 1.